The van der Waals surface area contributed by atoms with Crippen LogP contribution in [0, 0.1) is 0 Å². The highest BCUT2D eigenvalue weighted by molar-refractivity contribution is 7.92. The first kappa shape index (κ1) is 31.5. The van der Waals surface area contributed by atoms with E-state index in [4.69, 9.17) is 46.4 Å². The number of rotatable bonds is 12. The van der Waals surface area contributed by atoms with Gasteiger partial charge < -0.3 is 10.2 Å². The lowest BCUT2D eigenvalue weighted by Gasteiger charge is -2.31. The molecule has 2 aromatic carbocycles. The number of hydrogen-bond acceptors (Lipinski definition) is 4. The van der Waals surface area contributed by atoms with Crippen LogP contribution in [0.4, 0.5) is 5.69 Å². The molecule has 0 aliphatic heterocycles. The molecule has 0 saturated carbocycles. The Morgan fingerprint density at radius 2 is 1.62 bits per heavy atom. The maximum atomic E-state index is 13.5. The van der Waals surface area contributed by atoms with E-state index < -0.39 is 16.1 Å². The number of halogens is 4. The second kappa shape index (κ2) is 13.9. The smallest absolute Gasteiger partial charge is 0.243 e. The molecule has 0 unspecified atom stereocenters. The van der Waals surface area contributed by atoms with Gasteiger partial charge in [-0.1, -0.05) is 59.4 Å². The van der Waals surface area contributed by atoms with Crippen molar-refractivity contribution in [2.24, 2.45) is 0 Å². The molecule has 0 spiro atoms. The summed E-state index contributed by atoms with van der Waals surface area (Å²) in [4.78, 5) is 27.9. The van der Waals surface area contributed by atoms with Gasteiger partial charge in [-0.25, -0.2) is 8.42 Å². The van der Waals surface area contributed by atoms with Crippen LogP contribution < -0.4 is 9.62 Å². The summed E-state index contributed by atoms with van der Waals surface area (Å²) < 4.78 is 26.1. The SMILES string of the molecule is CC[C@H](C(=O)NC(C)C)N(Cc1ccc(Cl)c(Cl)c1)C(=O)CCCN(c1cc(Cl)ccc1Cl)S(C)(=O)=O. The van der Waals surface area contributed by atoms with E-state index in [-0.39, 0.29) is 54.5 Å². The van der Waals surface area contributed by atoms with Crippen LogP contribution in [0.3, 0.4) is 0 Å². The zero-order valence-corrected chi connectivity index (χ0v) is 24.9. The van der Waals surface area contributed by atoms with E-state index >= 15 is 0 Å². The topological polar surface area (TPSA) is 86.8 Å². The lowest BCUT2D eigenvalue weighted by Crippen LogP contribution is -2.50. The minimum atomic E-state index is -3.71. The molecule has 0 aromatic heterocycles. The van der Waals surface area contributed by atoms with Crippen molar-refractivity contribution in [3.05, 3.63) is 62.1 Å². The molecule has 37 heavy (non-hydrogen) atoms. The van der Waals surface area contributed by atoms with Gasteiger partial charge in [0.25, 0.3) is 0 Å². The molecule has 2 rings (SSSR count). The van der Waals surface area contributed by atoms with Crippen molar-refractivity contribution in [1.82, 2.24) is 10.2 Å². The van der Waals surface area contributed by atoms with Gasteiger partial charge in [0.1, 0.15) is 6.04 Å². The predicted octanol–water partition coefficient (Wildman–Crippen LogP) is 6.18. The molecule has 1 atom stereocenters. The number of carbonyl (C=O) groups excluding carboxylic acids is 2. The summed E-state index contributed by atoms with van der Waals surface area (Å²) in [6.45, 7) is 5.65. The first-order valence-electron chi connectivity index (χ1n) is 11.7. The molecule has 12 heteroatoms. The van der Waals surface area contributed by atoms with Crippen molar-refractivity contribution >= 4 is 73.9 Å². The molecule has 0 saturated heterocycles. The number of hydrogen-bond donors (Lipinski definition) is 1. The van der Waals surface area contributed by atoms with Crippen molar-refractivity contribution in [1.29, 1.82) is 0 Å². The average molecular weight is 611 g/mol. The Morgan fingerprint density at radius 3 is 2.19 bits per heavy atom. The largest absolute Gasteiger partial charge is 0.352 e. The van der Waals surface area contributed by atoms with Crippen LogP contribution in [0.25, 0.3) is 0 Å². The van der Waals surface area contributed by atoms with Crippen LogP contribution in [-0.4, -0.2) is 50.0 Å². The fourth-order valence-corrected chi connectivity index (χ4v) is 5.52. The molecule has 7 nitrogen and oxygen atoms in total. The minimum absolute atomic E-state index is 0.000229. The summed E-state index contributed by atoms with van der Waals surface area (Å²) in [5.74, 6) is -0.572. The Morgan fingerprint density at radius 1 is 0.973 bits per heavy atom. The van der Waals surface area contributed by atoms with Crippen LogP contribution >= 0.6 is 46.4 Å². The van der Waals surface area contributed by atoms with E-state index in [1.165, 1.54) is 17.0 Å². The van der Waals surface area contributed by atoms with E-state index in [1.807, 2.05) is 20.8 Å². The standard InChI is InChI=1S/C25H31Cl4N3O4S/c1-5-22(25(34)30-16(2)3)31(15-17-8-10-19(27)21(29)13-17)24(33)7-6-12-32(37(4,35)36)23-14-18(26)9-11-20(23)28/h8-11,13-14,16,22H,5-7,12,15H2,1-4H3,(H,30,34)/t22-/m1/s1. The van der Waals surface area contributed by atoms with Crippen LogP contribution in [0.15, 0.2) is 36.4 Å². The van der Waals surface area contributed by atoms with Gasteiger partial charge >= 0.3 is 0 Å². The van der Waals surface area contributed by atoms with Crippen molar-refractivity contribution in [2.45, 2.75) is 58.7 Å². The highest BCUT2D eigenvalue weighted by atomic mass is 35.5. The third-order valence-electron chi connectivity index (χ3n) is 5.48. The molecule has 0 bridgehead atoms. The third-order valence-corrected chi connectivity index (χ3v) is 7.96. The van der Waals surface area contributed by atoms with Crippen molar-refractivity contribution in [3.63, 3.8) is 0 Å². The summed E-state index contributed by atoms with van der Waals surface area (Å²) in [5.41, 5.74) is 0.946. The lowest BCUT2D eigenvalue weighted by molar-refractivity contribution is -0.141. The Kier molecular flexibility index (Phi) is 11.8. The van der Waals surface area contributed by atoms with Gasteiger partial charge in [-0.2, -0.15) is 0 Å². The monoisotopic (exact) mass is 609 g/mol. The lowest BCUT2D eigenvalue weighted by atomic mass is 10.1. The molecule has 0 aliphatic carbocycles. The zero-order valence-electron chi connectivity index (χ0n) is 21.1. The number of anilines is 1. The van der Waals surface area contributed by atoms with Crippen molar-refractivity contribution < 1.29 is 18.0 Å². The quantitative estimate of drug-likeness (QED) is 0.311. The highest BCUT2D eigenvalue weighted by Gasteiger charge is 2.29. The molecule has 204 valence electrons. The molecule has 2 amide bonds. The van der Waals surface area contributed by atoms with Gasteiger partial charge in [0.05, 0.1) is 27.0 Å². The fourth-order valence-electron chi connectivity index (χ4n) is 3.79. The first-order chi connectivity index (χ1) is 17.2. The molecule has 0 heterocycles. The van der Waals surface area contributed by atoms with Gasteiger partial charge in [0.15, 0.2) is 0 Å². The third kappa shape index (κ3) is 9.21. The second-order valence-electron chi connectivity index (χ2n) is 8.89. The number of nitrogens with zero attached hydrogens (tertiary/aromatic N) is 2. The summed E-state index contributed by atoms with van der Waals surface area (Å²) >= 11 is 24.5. The van der Waals surface area contributed by atoms with Crippen LogP contribution in [0.5, 0.6) is 0 Å². The van der Waals surface area contributed by atoms with Gasteiger partial charge in [0.2, 0.25) is 21.8 Å². The minimum Gasteiger partial charge on any atom is -0.352 e. The van der Waals surface area contributed by atoms with E-state index in [1.54, 1.807) is 24.3 Å². The molecule has 1 N–H and O–H groups in total. The first-order valence-corrected chi connectivity index (χ1v) is 15.1. The molecular weight excluding hydrogens is 580 g/mol. The molecule has 0 radical (unpaired) electrons. The maximum absolute atomic E-state index is 13.5. The van der Waals surface area contributed by atoms with Gasteiger partial charge in [-0.3, -0.25) is 13.9 Å². The predicted molar refractivity (Wildman–Crippen MR) is 152 cm³/mol. The van der Waals surface area contributed by atoms with E-state index in [2.05, 4.69) is 5.32 Å². The van der Waals surface area contributed by atoms with E-state index in [9.17, 15) is 18.0 Å². The number of carbonyl (C=O) groups is 2. The number of benzene rings is 2. The summed E-state index contributed by atoms with van der Waals surface area (Å²) in [6, 6.07) is 8.75. The van der Waals surface area contributed by atoms with Gasteiger partial charge in [-0.05, 0) is 62.6 Å². The van der Waals surface area contributed by atoms with Crippen LogP contribution in [0.1, 0.15) is 45.6 Å². The Labute approximate surface area is 239 Å². The molecular formula is C25H31Cl4N3O4S. The summed E-state index contributed by atoms with van der Waals surface area (Å²) in [7, 11) is -3.71. The maximum Gasteiger partial charge on any atom is 0.243 e. The average Bonchev–Trinajstić information content (AvgIpc) is 2.79. The molecule has 2 aromatic rings. The zero-order chi connectivity index (χ0) is 27.9. The van der Waals surface area contributed by atoms with E-state index in [0.29, 0.717) is 27.1 Å². The normalized spacial score (nSPS) is 12.4. The van der Waals surface area contributed by atoms with E-state index in [0.717, 1.165) is 10.6 Å². The number of amides is 2. The summed E-state index contributed by atoms with van der Waals surface area (Å²) in [5, 5.41) is 4.15. The van der Waals surface area contributed by atoms with Crippen molar-refractivity contribution in [2.75, 3.05) is 17.1 Å². The van der Waals surface area contributed by atoms with Crippen molar-refractivity contribution in [3.8, 4) is 0 Å². The Bertz CT molecular complexity index is 1220. The molecule has 0 aliphatic rings. The Balaban J connectivity index is 2.28. The molecule has 0 fully saturated rings. The van der Waals surface area contributed by atoms with Gasteiger partial charge in [-0.15, -0.1) is 0 Å². The number of nitrogens with one attached hydrogen (secondary N) is 1. The van der Waals surface area contributed by atoms with Crippen LogP contribution in [-0.2, 0) is 26.2 Å². The second-order valence-corrected chi connectivity index (χ2v) is 12.5. The number of sulfonamides is 1. The summed E-state index contributed by atoms with van der Waals surface area (Å²) in [6.07, 6.45) is 1.64. The highest BCUT2D eigenvalue weighted by Crippen LogP contribution is 2.31. The fraction of sp³-hybridized carbons (Fsp3) is 0.440. The van der Waals surface area contributed by atoms with Crippen LogP contribution in [0.2, 0.25) is 20.1 Å². The Hall–Kier alpha value is -1.71. The van der Waals surface area contributed by atoms with Gasteiger partial charge in [0, 0.05) is 30.6 Å².